The van der Waals surface area contributed by atoms with Gasteiger partial charge in [-0.2, -0.15) is 0 Å². The number of carbonyl (C=O) groups excluding carboxylic acids is 3. The molecule has 36 heavy (non-hydrogen) atoms. The van der Waals surface area contributed by atoms with Crippen LogP contribution in [0.3, 0.4) is 0 Å². The summed E-state index contributed by atoms with van der Waals surface area (Å²) in [4.78, 5) is 47.3. The van der Waals surface area contributed by atoms with Crippen molar-refractivity contribution < 1.29 is 28.8 Å². The highest BCUT2D eigenvalue weighted by atomic mass is 16.5. The monoisotopic (exact) mass is 491 g/mol. The number of aromatic nitrogens is 1. The molecule has 0 unspecified atom stereocenters. The number of nitrogens with zero attached hydrogens (tertiary/aromatic N) is 1. The van der Waals surface area contributed by atoms with Gasteiger partial charge in [0.15, 0.2) is 5.78 Å². The van der Waals surface area contributed by atoms with Crippen LogP contribution < -0.4 is 11.1 Å². The van der Waals surface area contributed by atoms with E-state index in [-0.39, 0.29) is 25.2 Å². The summed E-state index contributed by atoms with van der Waals surface area (Å²) in [7, 11) is 0. The van der Waals surface area contributed by atoms with Crippen molar-refractivity contribution in [1.82, 2.24) is 10.5 Å². The maximum absolute atomic E-state index is 12.5. The van der Waals surface area contributed by atoms with E-state index < -0.39 is 36.0 Å². The molecule has 0 spiro atoms. The number of carboxylic acids is 1. The first-order chi connectivity index (χ1) is 17.3. The Morgan fingerprint density at radius 3 is 2.22 bits per heavy atom. The van der Waals surface area contributed by atoms with Crippen LogP contribution in [0, 0.1) is 5.92 Å². The van der Waals surface area contributed by atoms with Crippen molar-refractivity contribution in [1.29, 1.82) is 0 Å². The Balaban J connectivity index is 1.53. The fourth-order valence-corrected chi connectivity index (χ4v) is 3.81. The van der Waals surface area contributed by atoms with E-state index in [0.29, 0.717) is 17.9 Å². The summed E-state index contributed by atoms with van der Waals surface area (Å²) in [5, 5.41) is 15.6. The lowest BCUT2D eigenvalue weighted by Crippen LogP contribution is -2.42. The quantitative estimate of drug-likeness (QED) is 0.331. The molecule has 0 saturated heterocycles. The van der Waals surface area contributed by atoms with Gasteiger partial charge in [-0.15, -0.1) is 0 Å². The van der Waals surface area contributed by atoms with Gasteiger partial charge in [-0.25, -0.2) is 0 Å². The first-order valence-electron chi connectivity index (χ1n) is 11.7. The van der Waals surface area contributed by atoms with Crippen LogP contribution >= 0.6 is 0 Å². The van der Waals surface area contributed by atoms with Crippen LogP contribution in [0.15, 0.2) is 65.2 Å². The van der Waals surface area contributed by atoms with Crippen LogP contribution in [0.5, 0.6) is 0 Å². The van der Waals surface area contributed by atoms with E-state index in [0.717, 1.165) is 16.7 Å². The second kappa shape index (κ2) is 12.4. The fraction of sp³-hybridized carbons (Fsp3) is 0.296. The summed E-state index contributed by atoms with van der Waals surface area (Å²) in [5.74, 6) is -3.46. The minimum atomic E-state index is -1.22. The van der Waals surface area contributed by atoms with Crippen molar-refractivity contribution in [2.75, 3.05) is 0 Å². The van der Waals surface area contributed by atoms with E-state index >= 15 is 0 Å². The molecule has 1 aromatic heterocycles. The van der Waals surface area contributed by atoms with Crippen molar-refractivity contribution in [3.8, 4) is 22.4 Å². The maximum Gasteiger partial charge on any atom is 0.304 e. The van der Waals surface area contributed by atoms with Gasteiger partial charge in [-0.3, -0.25) is 19.2 Å². The first kappa shape index (κ1) is 26.3. The summed E-state index contributed by atoms with van der Waals surface area (Å²) in [5.41, 5.74) is 8.95. The third-order valence-corrected chi connectivity index (χ3v) is 5.85. The molecule has 0 fully saturated rings. The Morgan fingerprint density at radius 2 is 1.61 bits per heavy atom. The average molecular weight is 492 g/mol. The van der Waals surface area contributed by atoms with E-state index in [1.165, 1.54) is 0 Å². The van der Waals surface area contributed by atoms with Gasteiger partial charge in [-0.1, -0.05) is 66.7 Å². The summed E-state index contributed by atoms with van der Waals surface area (Å²) in [6, 6.07) is 18.9. The molecule has 2 amide bonds. The van der Waals surface area contributed by atoms with Gasteiger partial charge in [0.05, 0.1) is 18.4 Å². The minimum Gasteiger partial charge on any atom is -0.481 e. The van der Waals surface area contributed by atoms with Crippen LogP contribution in [-0.2, 0) is 25.6 Å². The molecule has 0 aliphatic rings. The molecule has 0 aliphatic heterocycles. The van der Waals surface area contributed by atoms with E-state index in [1.54, 1.807) is 13.0 Å². The Labute approximate surface area is 208 Å². The molecule has 3 rings (SSSR count). The fourth-order valence-electron chi connectivity index (χ4n) is 3.81. The second-order valence-corrected chi connectivity index (χ2v) is 8.52. The molecule has 2 aromatic carbocycles. The van der Waals surface area contributed by atoms with Crippen LogP contribution in [0.2, 0.25) is 0 Å². The third kappa shape index (κ3) is 7.36. The number of hydrogen-bond acceptors (Lipinski definition) is 6. The van der Waals surface area contributed by atoms with E-state index in [2.05, 4.69) is 10.5 Å². The molecule has 9 heteroatoms. The van der Waals surface area contributed by atoms with Gasteiger partial charge >= 0.3 is 5.97 Å². The number of rotatable bonds is 13. The SMILES string of the molecule is CC[C@H](NC(=O)CCc1cc(-c2ccc(-c3ccccc3)cc2)no1)C(=O)C[C@@H](CC(=O)O)C(N)=O. The topological polar surface area (TPSA) is 153 Å². The molecule has 3 aromatic rings. The number of Topliss-reactive ketones (excluding diaryl/α,β-unsaturated/α-hetero) is 1. The van der Waals surface area contributed by atoms with Crippen molar-refractivity contribution in [2.24, 2.45) is 11.7 Å². The summed E-state index contributed by atoms with van der Waals surface area (Å²) in [6.45, 7) is 1.71. The van der Waals surface area contributed by atoms with Gasteiger partial charge in [0, 0.05) is 30.9 Å². The smallest absolute Gasteiger partial charge is 0.304 e. The van der Waals surface area contributed by atoms with Gasteiger partial charge in [-0.05, 0) is 17.5 Å². The Morgan fingerprint density at radius 1 is 0.972 bits per heavy atom. The molecule has 0 aliphatic carbocycles. The number of aliphatic carboxylic acids is 1. The van der Waals surface area contributed by atoms with Crippen molar-refractivity contribution >= 4 is 23.6 Å². The van der Waals surface area contributed by atoms with Gasteiger partial charge in [0.1, 0.15) is 11.5 Å². The number of benzene rings is 2. The normalized spacial score (nSPS) is 12.5. The number of amides is 2. The van der Waals surface area contributed by atoms with Crippen molar-refractivity contribution in [3.05, 3.63) is 66.4 Å². The molecular weight excluding hydrogens is 462 g/mol. The molecular formula is C27H29N3O6. The Hall–Kier alpha value is -4.27. The summed E-state index contributed by atoms with van der Waals surface area (Å²) >= 11 is 0. The molecule has 188 valence electrons. The van der Waals surface area contributed by atoms with E-state index in [4.69, 9.17) is 15.4 Å². The van der Waals surface area contributed by atoms with Crippen molar-refractivity contribution in [2.45, 2.75) is 45.1 Å². The predicted octanol–water partition coefficient (Wildman–Crippen LogP) is 3.37. The van der Waals surface area contributed by atoms with Crippen LogP contribution in [0.25, 0.3) is 22.4 Å². The molecule has 4 N–H and O–H groups in total. The summed E-state index contributed by atoms with van der Waals surface area (Å²) < 4.78 is 5.38. The number of ketones is 1. The van der Waals surface area contributed by atoms with Crippen LogP contribution in [-0.4, -0.2) is 39.9 Å². The number of nitrogens with one attached hydrogen (secondary N) is 1. The van der Waals surface area contributed by atoms with Crippen LogP contribution in [0.4, 0.5) is 0 Å². The predicted molar refractivity (Wildman–Crippen MR) is 132 cm³/mol. The number of primary amides is 1. The summed E-state index contributed by atoms with van der Waals surface area (Å²) in [6.07, 6.45) is -0.216. The third-order valence-electron chi connectivity index (χ3n) is 5.85. The number of hydrogen-bond donors (Lipinski definition) is 3. The Kier molecular flexibility index (Phi) is 9.10. The maximum atomic E-state index is 12.5. The van der Waals surface area contributed by atoms with Crippen LogP contribution in [0.1, 0.15) is 38.4 Å². The van der Waals surface area contributed by atoms with E-state index in [9.17, 15) is 19.2 Å². The highest BCUT2D eigenvalue weighted by Crippen LogP contribution is 2.25. The lowest BCUT2D eigenvalue weighted by atomic mass is 9.94. The molecule has 0 bridgehead atoms. The largest absolute Gasteiger partial charge is 0.481 e. The van der Waals surface area contributed by atoms with E-state index in [1.807, 2.05) is 54.6 Å². The average Bonchev–Trinajstić information content (AvgIpc) is 3.35. The minimum absolute atomic E-state index is 0.0692. The lowest BCUT2D eigenvalue weighted by molar-refractivity contribution is -0.141. The molecule has 0 radical (unpaired) electrons. The molecule has 9 nitrogen and oxygen atoms in total. The molecule has 1 heterocycles. The molecule has 2 atom stereocenters. The molecule has 0 saturated carbocycles. The zero-order valence-electron chi connectivity index (χ0n) is 20.0. The van der Waals surface area contributed by atoms with Gasteiger partial charge < -0.3 is 20.7 Å². The zero-order chi connectivity index (χ0) is 26.1. The number of carbonyl (C=O) groups is 4. The number of nitrogens with two attached hydrogens (primary N) is 1. The van der Waals surface area contributed by atoms with Gasteiger partial charge in [0.2, 0.25) is 11.8 Å². The highest BCUT2D eigenvalue weighted by Gasteiger charge is 2.27. The first-order valence-corrected chi connectivity index (χ1v) is 11.7. The zero-order valence-corrected chi connectivity index (χ0v) is 20.0. The Bertz CT molecular complexity index is 1200. The van der Waals surface area contributed by atoms with Crippen molar-refractivity contribution in [3.63, 3.8) is 0 Å². The second-order valence-electron chi connectivity index (χ2n) is 8.52. The number of aryl methyl sites for hydroxylation is 1. The van der Waals surface area contributed by atoms with Gasteiger partial charge in [0.25, 0.3) is 0 Å². The standard InChI is InChI=1S/C27H29N3O6/c1-2-22(24(31)14-20(27(28)35)15-26(33)34)29-25(32)13-12-21-16-23(30-36-21)19-10-8-18(9-11-19)17-6-4-3-5-7-17/h3-11,16,20,22H,2,12-15H2,1H3,(H2,28,35)(H,29,32)(H,33,34)/t20-,22-/m0/s1. The lowest BCUT2D eigenvalue weighted by Gasteiger charge is -2.18. The number of carboxylic acid groups (broad SMARTS) is 1. The highest BCUT2D eigenvalue weighted by molar-refractivity contribution is 5.93.